The Hall–Kier alpha value is -1.68. The maximum atomic E-state index is 13.3. The van der Waals surface area contributed by atoms with Crippen LogP contribution in [0.1, 0.15) is 11.1 Å². The molecule has 5 nitrogen and oxygen atoms in total. The van der Waals surface area contributed by atoms with E-state index in [9.17, 15) is 12.8 Å². The molecule has 0 atom stereocenters. The normalized spacial score (nSPS) is 11.6. The molecule has 0 radical (unpaired) electrons. The predicted molar refractivity (Wildman–Crippen MR) is 113 cm³/mol. The average molecular weight is 491 g/mol. The Morgan fingerprint density at radius 2 is 1.81 bits per heavy atom. The number of aliphatic imine (C=N–C) groups is 1. The third-order valence-corrected chi connectivity index (χ3v) is 5.40. The van der Waals surface area contributed by atoms with Gasteiger partial charge in [0.2, 0.25) is 0 Å². The summed E-state index contributed by atoms with van der Waals surface area (Å²) in [6.45, 7) is 2.41. The molecule has 0 bridgehead atoms. The van der Waals surface area contributed by atoms with Crippen LogP contribution in [-0.4, -0.2) is 33.7 Å². The van der Waals surface area contributed by atoms with E-state index in [4.69, 9.17) is 0 Å². The van der Waals surface area contributed by atoms with Gasteiger partial charge in [-0.3, -0.25) is 4.99 Å². The molecule has 0 aliphatic carbocycles. The van der Waals surface area contributed by atoms with Gasteiger partial charge in [0.1, 0.15) is 5.82 Å². The molecule has 26 heavy (non-hydrogen) atoms. The van der Waals surface area contributed by atoms with Crippen molar-refractivity contribution in [1.29, 1.82) is 0 Å². The summed E-state index contributed by atoms with van der Waals surface area (Å²) in [6, 6.07) is 13.2. The van der Waals surface area contributed by atoms with Crippen molar-refractivity contribution in [3.63, 3.8) is 0 Å². The van der Waals surface area contributed by atoms with Gasteiger partial charge in [0.15, 0.2) is 15.8 Å². The summed E-state index contributed by atoms with van der Waals surface area (Å²) in [7, 11) is -1.72. The van der Waals surface area contributed by atoms with Crippen LogP contribution in [0.2, 0.25) is 0 Å². The van der Waals surface area contributed by atoms with Crippen LogP contribution in [0, 0.1) is 12.7 Å². The van der Waals surface area contributed by atoms with Gasteiger partial charge in [0, 0.05) is 20.1 Å². The molecule has 2 rings (SSSR count). The number of hydrogen-bond donors (Lipinski definition) is 2. The maximum Gasteiger partial charge on any atom is 0.191 e. The minimum absolute atomic E-state index is 0. The first-order valence-corrected chi connectivity index (χ1v) is 9.55. The highest BCUT2D eigenvalue weighted by molar-refractivity contribution is 14.0. The van der Waals surface area contributed by atoms with Crippen LogP contribution in [0.3, 0.4) is 0 Å². The Morgan fingerprint density at radius 3 is 2.42 bits per heavy atom. The van der Waals surface area contributed by atoms with E-state index >= 15 is 0 Å². The molecule has 0 heterocycles. The van der Waals surface area contributed by atoms with Crippen LogP contribution < -0.4 is 10.6 Å². The summed E-state index contributed by atoms with van der Waals surface area (Å²) in [4.78, 5) is 4.37. The molecule has 0 aromatic heterocycles. The lowest BCUT2D eigenvalue weighted by Gasteiger charge is -2.12. The number of nitrogens with one attached hydrogen (secondary N) is 2. The number of rotatable bonds is 6. The van der Waals surface area contributed by atoms with E-state index in [1.165, 1.54) is 6.07 Å². The molecule has 0 aliphatic rings. The van der Waals surface area contributed by atoms with Crippen LogP contribution in [0.25, 0.3) is 0 Å². The Morgan fingerprint density at radius 1 is 1.12 bits per heavy atom. The monoisotopic (exact) mass is 491 g/mol. The Balaban J connectivity index is 0.00000338. The van der Waals surface area contributed by atoms with E-state index in [0.717, 1.165) is 5.56 Å². The van der Waals surface area contributed by atoms with Crippen molar-refractivity contribution in [3.05, 3.63) is 65.5 Å². The molecule has 0 spiro atoms. The largest absolute Gasteiger partial charge is 0.355 e. The Bertz CT molecular complexity index is 843. The zero-order chi connectivity index (χ0) is 18.3. The minimum Gasteiger partial charge on any atom is -0.355 e. The van der Waals surface area contributed by atoms with Gasteiger partial charge >= 0.3 is 0 Å². The summed E-state index contributed by atoms with van der Waals surface area (Å²) in [5, 5.41) is 6.06. The van der Waals surface area contributed by atoms with Crippen molar-refractivity contribution >= 4 is 39.8 Å². The molecule has 2 aromatic carbocycles. The smallest absolute Gasteiger partial charge is 0.191 e. The fourth-order valence-corrected chi connectivity index (χ4v) is 3.45. The van der Waals surface area contributed by atoms with E-state index < -0.39 is 9.84 Å². The van der Waals surface area contributed by atoms with E-state index in [1.807, 2.05) is 0 Å². The number of benzene rings is 2. The molecular weight excluding hydrogens is 468 g/mol. The number of guanidine groups is 1. The highest BCUT2D eigenvalue weighted by Gasteiger charge is 2.13. The van der Waals surface area contributed by atoms with Crippen LogP contribution in [-0.2, 0) is 16.4 Å². The highest BCUT2D eigenvalue weighted by atomic mass is 127. The lowest BCUT2D eigenvalue weighted by atomic mass is 10.1. The number of nitrogens with zero attached hydrogens (tertiary/aromatic N) is 1. The van der Waals surface area contributed by atoms with E-state index in [1.54, 1.807) is 56.4 Å². The number of hydrogen-bond acceptors (Lipinski definition) is 3. The standard InChI is InChI=1S/C18H22FN3O2S.HI/c1-14-12-15(8-9-17(14)19)13-22-18(20-2)21-10-11-25(23,24)16-6-4-3-5-7-16;/h3-9,12H,10-11,13H2,1-2H3,(H2,20,21,22);1H. The second-order valence-electron chi connectivity index (χ2n) is 5.57. The van der Waals surface area contributed by atoms with Crippen molar-refractivity contribution in [1.82, 2.24) is 10.6 Å². The quantitative estimate of drug-likeness (QED) is 0.371. The zero-order valence-corrected chi connectivity index (χ0v) is 17.8. The summed E-state index contributed by atoms with van der Waals surface area (Å²) in [5.41, 5.74) is 1.50. The number of aryl methyl sites for hydroxylation is 1. The third-order valence-electron chi connectivity index (χ3n) is 3.67. The summed E-state index contributed by atoms with van der Waals surface area (Å²) < 4.78 is 37.7. The fraction of sp³-hybridized carbons (Fsp3) is 0.278. The minimum atomic E-state index is -3.33. The second kappa shape index (κ2) is 10.5. The van der Waals surface area contributed by atoms with Crippen molar-refractivity contribution in [2.24, 2.45) is 4.99 Å². The Labute approximate surface area is 171 Å². The van der Waals surface area contributed by atoms with Crippen LogP contribution >= 0.6 is 24.0 Å². The predicted octanol–water partition coefficient (Wildman–Crippen LogP) is 2.89. The molecule has 142 valence electrons. The van der Waals surface area contributed by atoms with Crippen molar-refractivity contribution in [2.45, 2.75) is 18.4 Å². The molecule has 8 heteroatoms. The van der Waals surface area contributed by atoms with Gasteiger partial charge in [0.05, 0.1) is 10.6 Å². The van der Waals surface area contributed by atoms with Gasteiger partial charge in [-0.25, -0.2) is 12.8 Å². The first-order chi connectivity index (χ1) is 11.9. The Kier molecular flexibility index (Phi) is 9.00. The molecule has 0 saturated carbocycles. The van der Waals surface area contributed by atoms with Gasteiger partial charge in [-0.15, -0.1) is 24.0 Å². The SMILES string of the molecule is CN=C(NCCS(=O)(=O)c1ccccc1)NCc1ccc(F)c(C)c1.I. The second-order valence-corrected chi connectivity index (χ2v) is 7.68. The van der Waals surface area contributed by atoms with E-state index in [0.29, 0.717) is 23.0 Å². The topological polar surface area (TPSA) is 70.6 Å². The highest BCUT2D eigenvalue weighted by Crippen LogP contribution is 2.10. The lowest BCUT2D eigenvalue weighted by Crippen LogP contribution is -2.39. The van der Waals surface area contributed by atoms with E-state index in [2.05, 4.69) is 15.6 Å². The molecule has 0 fully saturated rings. The van der Waals surface area contributed by atoms with Crippen LogP contribution in [0.15, 0.2) is 58.4 Å². The summed E-state index contributed by atoms with van der Waals surface area (Å²) >= 11 is 0. The molecule has 0 saturated heterocycles. The van der Waals surface area contributed by atoms with Crippen LogP contribution in [0.5, 0.6) is 0 Å². The number of halogens is 2. The molecule has 2 aromatic rings. The number of sulfone groups is 1. The maximum absolute atomic E-state index is 13.3. The van der Waals surface area contributed by atoms with Gasteiger partial charge in [-0.1, -0.05) is 30.3 Å². The third kappa shape index (κ3) is 6.56. The lowest BCUT2D eigenvalue weighted by molar-refractivity contribution is 0.594. The average Bonchev–Trinajstić information content (AvgIpc) is 2.61. The van der Waals surface area contributed by atoms with Crippen molar-refractivity contribution < 1.29 is 12.8 Å². The molecule has 0 unspecified atom stereocenters. The summed E-state index contributed by atoms with van der Waals surface area (Å²) in [6.07, 6.45) is 0. The van der Waals surface area contributed by atoms with Crippen molar-refractivity contribution in [3.8, 4) is 0 Å². The van der Waals surface area contributed by atoms with Gasteiger partial charge in [-0.05, 0) is 36.2 Å². The molecular formula is C18H23FIN3O2S. The summed E-state index contributed by atoms with van der Waals surface area (Å²) in [5.74, 6) is 0.218. The van der Waals surface area contributed by atoms with Gasteiger partial charge in [-0.2, -0.15) is 0 Å². The fourth-order valence-electron chi connectivity index (χ4n) is 2.27. The molecule has 0 amide bonds. The van der Waals surface area contributed by atoms with Gasteiger partial charge in [0.25, 0.3) is 0 Å². The van der Waals surface area contributed by atoms with E-state index in [-0.39, 0.29) is 42.1 Å². The molecule has 0 aliphatic heterocycles. The van der Waals surface area contributed by atoms with Crippen LogP contribution in [0.4, 0.5) is 4.39 Å². The first-order valence-electron chi connectivity index (χ1n) is 7.90. The van der Waals surface area contributed by atoms with Gasteiger partial charge < -0.3 is 10.6 Å². The van der Waals surface area contributed by atoms with Crippen molar-refractivity contribution in [2.75, 3.05) is 19.3 Å². The zero-order valence-electron chi connectivity index (χ0n) is 14.7. The first kappa shape index (κ1) is 22.4. The molecule has 2 N–H and O–H groups in total.